The molecule has 0 aromatic heterocycles. The quantitative estimate of drug-likeness (QED) is 0.0388. The summed E-state index contributed by atoms with van der Waals surface area (Å²) in [6, 6.07) is 0. The number of carbonyl (C=O) groups is 1. The van der Waals surface area contributed by atoms with Crippen LogP contribution in [0.1, 0.15) is 213 Å². The molecule has 0 aromatic carbocycles. The van der Waals surface area contributed by atoms with Crippen LogP contribution >= 0.6 is 0 Å². The van der Waals surface area contributed by atoms with E-state index in [1.54, 1.807) is 0 Å². The number of aliphatic hydroxyl groups is 1. The van der Waals surface area contributed by atoms with Crippen molar-refractivity contribution in [2.75, 3.05) is 40.5 Å². The van der Waals surface area contributed by atoms with Gasteiger partial charge in [0.05, 0.1) is 19.3 Å². The summed E-state index contributed by atoms with van der Waals surface area (Å²) in [5.74, 6) is 0. The maximum atomic E-state index is 12.3. The molecule has 1 N–H and O–H groups in total. The number of allylic oxidation sites excluding steroid dienone is 1. The van der Waals surface area contributed by atoms with Crippen molar-refractivity contribution in [3.8, 4) is 0 Å². The van der Waals surface area contributed by atoms with E-state index < -0.39 is 6.16 Å². The predicted molar refractivity (Wildman–Crippen MR) is 215 cm³/mol. The van der Waals surface area contributed by atoms with Gasteiger partial charge in [0.15, 0.2) is 0 Å². The molecule has 0 rings (SSSR count). The molecule has 0 fully saturated rings. The fourth-order valence-electron chi connectivity index (χ4n) is 6.49. The van der Waals surface area contributed by atoms with Gasteiger partial charge in [-0.05, 0) is 65.5 Å². The van der Waals surface area contributed by atoms with Crippen LogP contribution in [-0.2, 0) is 14.2 Å². The fraction of sp³-hybridized carbons (Fsp3) is 0.932. The van der Waals surface area contributed by atoms with Crippen molar-refractivity contribution in [3.63, 3.8) is 0 Å². The van der Waals surface area contributed by atoms with Gasteiger partial charge in [-0.25, -0.2) is 4.79 Å². The van der Waals surface area contributed by atoms with Gasteiger partial charge < -0.3 is 24.2 Å². The third kappa shape index (κ3) is 39.7. The second-order valence-corrected chi connectivity index (χ2v) is 15.3. The molecule has 1 unspecified atom stereocenters. The van der Waals surface area contributed by atoms with E-state index in [9.17, 15) is 9.90 Å². The Kier molecular flexibility index (Phi) is 39.8. The SMILES string of the molecule is CCCCCCCCCCCCCCCCCCC(COCCCCCCCCC=CC[C@H](O)CCCCCC)OC(=O)OCCCN(C)C. The Morgan fingerprint density at radius 1 is 0.580 bits per heavy atom. The maximum Gasteiger partial charge on any atom is 0.508 e. The minimum absolute atomic E-state index is 0.169. The molecule has 0 amide bonds. The maximum absolute atomic E-state index is 12.3. The third-order valence-electron chi connectivity index (χ3n) is 9.79. The molecule has 0 bridgehead atoms. The largest absolute Gasteiger partial charge is 0.508 e. The van der Waals surface area contributed by atoms with Gasteiger partial charge in [0.1, 0.15) is 6.10 Å². The van der Waals surface area contributed by atoms with E-state index in [0.29, 0.717) is 13.2 Å². The fourth-order valence-corrected chi connectivity index (χ4v) is 6.49. The number of unbranched alkanes of at least 4 members (excludes halogenated alkanes) is 24. The molecule has 0 spiro atoms. The highest BCUT2D eigenvalue weighted by atomic mass is 16.7. The molecule has 0 aliphatic heterocycles. The molecular formula is C44H87NO5. The Bertz CT molecular complexity index is 700. The first-order chi connectivity index (χ1) is 24.5. The average molecular weight is 710 g/mol. The average Bonchev–Trinajstić information content (AvgIpc) is 3.10. The molecule has 50 heavy (non-hydrogen) atoms. The Hall–Kier alpha value is -1.11. The van der Waals surface area contributed by atoms with Crippen LogP contribution in [-0.4, -0.2) is 68.8 Å². The molecular weight excluding hydrogens is 622 g/mol. The Morgan fingerprint density at radius 2 is 1.06 bits per heavy atom. The summed E-state index contributed by atoms with van der Waals surface area (Å²) >= 11 is 0. The number of nitrogens with zero attached hydrogens (tertiary/aromatic N) is 1. The first kappa shape index (κ1) is 48.9. The second kappa shape index (κ2) is 40.7. The lowest BCUT2D eigenvalue weighted by Gasteiger charge is -2.18. The lowest BCUT2D eigenvalue weighted by molar-refractivity contribution is -0.0211. The number of hydrogen-bond acceptors (Lipinski definition) is 6. The van der Waals surface area contributed by atoms with Crippen LogP contribution in [0.4, 0.5) is 4.79 Å². The van der Waals surface area contributed by atoms with E-state index in [0.717, 1.165) is 64.5 Å². The Labute approximate surface area is 312 Å². The van der Waals surface area contributed by atoms with Crippen LogP contribution in [0.25, 0.3) is 0 Å². The van der Waals surface area contributed by atoms with E-state index in [1.807, 2.05) is 14.1 Å². The van der Waals surface area contributed by atoms with Gasteiger partial charge in [0, 0.05) is 13.2 Å². The first-order valence-corrected chi connectivity index (χ1v) is 21.9. The molecule has 298 valence electrons. The van der Waals surface area contributed by atoms with Gasteiger partial charge in [-0.2, -0.15) is 0 Å². The van der Waals surface area contributed by atoms with Crippen molar-refractivity contribution in [3.05, 3.63) is 12.2 Å². The highest BCUT2D eigenvalue weighted by Crippen LogP contribution is 2.16. The minimum atomic E-state index is -0.553. The van der Waals surface area contributed by atoms with E-state index in [4.69, 9.17) is 14.2 Å². The van der Waals surface area contributed by atoms with Crippen LogP contribution in [0.15, 0.2) is 12.2 Å². The second-order valence-electron chi connectivity index (χ2n) is 15.3. The van der Waals surface area contributed by atoms with Crippen LogP contribution < -0.4 is 0 Å². The van der Waals surface area contributed by atoms with Gasteiger partial charge in [0.25, 0.3) is 0 Å². The molecule has 0 aliphatic rings. The summed E-state index contributed by atoms with van der Waals surface area (Å²) in [4.78, 5) is 14.4. The van der Waals surface area contributed by atoms with E-state index in [1.165, 1.54) is 148 Å². The van der Waals surface area contributed by atoms with Crippen LogP contribution in [0.5, 0.6) is 0 Å². The van der Waals surface area contributed by atoms with Crippen molar-refractivity contribution in [2.24, 2.45) is 0 Å². The first-order valence-electron chi connectivity index (χ1n) is 21.9. The van der Waals surface area contributed by atoms with E-state index >= 15 is 0 Å². The molecule has 0 saturated carbocycles. The molecule has 6 heteroatoms. The van der Waals surface area contributed by atoms with Crippen molar-refractivity contribution in [2.45, 2.75) is 225 Å². The topological polar surface area (TPSA) is 68.2 Å². The minimum Gasteiger partial charge on any atom is -0.434 e. The number of hydrogen-bond donors (Lipinski definition) is 1. The van der Waals surface area contributed by atoms with Gasteiger partial charge in [-0.15, -0.1) is 0 Å². The summed E-state index contributed by atoms with van der Waals surface area (Å²) in [5.41, 5.74) is 0. The summed E-state index contributed by atoms with van der Waals surface area (Å²) in [7, 11) is 4.04. The number of ether oxygens (including phenoxy) is 3. The number of carbonyl (C=O) groups excluding carboxylic acids is 1. The van der Waals surface area contributed by atoms with Gasteiger partial charge >= 0.3 is 6.16 Å². The monoisotopic (exact) mass is 710 g/mol. The Balaban J connectivity index is 3.96. The standard InChI is InChI=1S/C44H87NO5/c1-5-7-9-11-12-13-14-15-16-17-18-19-22-25-28-32-37-43(50-44(47)49-40-34-38-45(3)4)41-48-39-33-29-26-23-20-21-24-27-31-36-42(46)35-30-10-8-6-2/h27,31,42-43,46H,5-26,28-30,32-41H2,1-4H3/t42-,43?/m1/s1. The van der Waals surface area contributed by atoms with Crippen LogP contribution in [0.2, 0.25) is 0 Å². The van der Waals surface area contributed by atoms with Crippen molar-refractivity contribution >= 4 is 6.16 Å². The molecule has 0 heterocycles. The molecule has 0 saturated heterocycles. The van der Waals surface area contributed by atoms with Gasteiger partial charge in [-0.3, -0.25) is 0 Å². The molecule has 6 nitrogen and oxygen atoms in total. The van der Waals surface area contributed by atoms with E-state index in [2.05, 4.69) is 30.9 Å². The zero-order valence-electron chi connectivity index (χ0n) is 34.1. The normalized spacial score (nSPS) is 13.0. The summed E-state index contributed by atoms with van der Waals surface area (Å²) in [6.07, 6.45) is 41.8. The van der Waals surface area contributed by atoms with Crippen LogP contribution in [0.3, 0.4) is 0 Å². The number of aliphatic hydroxyl groups excluding tert-OH is 1. The molecule has 2 atom stereocenters. The number of rotatable bonds is 40. The molecule has 0 aliphatic carbocycles. The third-order valence-corrected chi connectivity index (χ3v) is 9.79. The highest BCUT2D eigenvalue weighted by molar-refractivity contribution is 5.60. The zero-order chi connectivity index (χ0) is 36.6. The van der Waals surface area contributed by atoms with Crippen molar-refractivity contribution in [1.82, 2.24) is 4.90 Å². The summed E-state index contributed by atoms with van der Waals surface area (Å²) < 4.78 is 17.0. The zero-order valence-corrected chi connectivity index (χ0v) is 34.1. The smallest absolute Gasteiger partial charge is 0.434 e. The van der Waals surface area contributed by atoms with Crippen molar-refractivity contribution in [1.29, 1.82) is 0 Å². The highest BCUT2D eigenvalue weighted by Gasteiger charge is 2.16. The lowest BCUT2D eigenvalue weighted by atomic mass is 10.0. The lowest BCUT2D eigenvalue weighted by Crippen LogP contribution is -2.25. The van der Waals surface area contributed by atoms with Crippen LogP contribution in [0, 0.1) is 0 Å². The predicted octanol–water partition coefficient (Wildman–Crippen LogP) is 13.1. The van der Waals surface area contributed by atoms with E-state index in [-0.39, 0.29) is 12.2 Å². The molecule has 0 radical (unpaired) electrons. The van der Waals surface area contributed by atoms with Gasteiger partial charge in [-0.1, -0.05) is 174 Å². The summed E-state index contributed by atoms with van der Waals surface area (Å²) in [6.45, 7) is 6.98. The summed E-state index contributed by atoms with van der Waals surface area (Å²) in [5, 5.41) is 10.1. The Morgan fingerprint density at radius 3 is 1.62 bits per heavy atom. The molecule has 0 aromatic rings. The van der Waals surface area contributed by atoms with Crippen molar-refractivity contribution < 1.29 is 24.1 Å². The van der Waals surface area contributed by atoms with Gasteiger partial charge in [0.2, 0.25) is 0 Å².